The van der Waals surface area contributed by atoms with E-state index in [0.717, 1.165) is 13.0 Å². The van der Waals surface area contributed by atoms with E-state index >= 15 is 0 Å². The molecule has 0 aliphatic carbocycles. The molecule has 0 N–H and O–H groups in total. The van der Waals surface area contributed by atoms with Crippen molar-refractivity contribution < 1.29 is 13.6 Å². The Balaban J connectivity index is 5.03. The smallest absolute Gasteiger partial charge is 0.193 e. The van der Waals surface area contributed by atoms with Crippen LogP contribution in [0.5, 0.6) is 0 Å². The Morgan fingerprint density at radius 2 is 1.48 bits per heavy atom. The third-order valence-electron chi connectivity index (χ3n) is 6.66. The van der Waals surface area contributed by atoms with Crippen LogP contribution in [0.3, 0.4) is 0 Å². The van der Waals surface area contributed by atoms with E-state index in [0.29, 0.717) is 13.0 Å². The molecule has 0 aromatic heterocycles. The summed E-state index contributed by atoms with van der Waals surface area (Å²) in [6.07, 6.45) is 8.77. The van der Waals surface area contributed by atoms with Crippen molar-refractivity contribution in [2.45, 2.75) is 110 Å². The van der Waals surface area contributed by atoms with E-state index in [1.165, 1.54) is 0 Å². The molecular weight excluding hydrogens is 392 g/mol. The highest BCUT2D eigenvalue weighted by atomic mass is 28.4. The van der Waals surface area contributed by atoms with Crippen LogP contribution in [0.2, 0.25) is 36.3 Å². The van der Waals surface area contributed by atoms with E-state index in [4.69, 9.17) is 20.0 Å². The van der Waals surface area contributed by atoms with Gasteiger partial charge >= 0.3 is 0 Å². The molecule has 29 heavy (non-hydrogen) atoms. The molecule has 0 radical (unpaired) electrons. The molecular formula is C24H48O3Si2. The lowest BCUT2D eigenvalue weighted by Crippen LogP contribution is -2.48. The average Bonchev–Trinajstić information content (AvgIpc) is 2.54. The monoisotopic (exact) mass is 440 g/mol. The maximum Gasteiger partial charge on any atom is 0.193 e. The van der Waals surface area contributed by atoms with Gasteiger partial charge < -0.3 is 13.6 Å². The lowest BCUT2D eigenvalue weighted by molar-refractivity contribution is -0.0441. The van der Waals surface area contributed by atoms with Crippen LogP contribution in [0, 0.1) is 18.3 Å². The Kier molecular flexibility index (Phi) is 11.1. The maximum atomic E-state index is 6.64. The van der Waals surface area contributed by atoms with Crippen molar-refractivity contribution in [2.75, 3.05) is 13.2 Å². The van der Waals surface area contributed by atoms with Crippen molar-refractivity contribution in [3.63, 3.8) is 0 Å². The Bertz CT molecular complexity index is 536. The Morgan fingerprint density at radius 3 is 1.90 bits per heavy atom. The molecule has 0 fully saturated rings. The van der Waals surface area contributed by atoms with E-state index in [1.807, 2.05) is 6.08 Å². The highest BCUT2D eigenvalue weighted by Crippen LogP contribution is 2.39. The van der Waals surface area contributed by atoms with Gasteiger partial charge in [0.1, 0.15) is 0 Å². The van der Waals surface area contributed by atoms with Crippen molar-refractivity contribution in [1.82, 2.24) is 0 Å². The van der Waals surface area contributed by atoms with E-state index in [2.05, 4.69) is 87.2 Å². The highest BCUT2D eigenvalue weighted by Gasteiger charge is 2.41. The molecule has 0 bridgehead atoms. The largest absolute Gasteiger partial charge is 0.417 e. The second-order valence-electron chi connectivity index (χ2n) is 11.3. The predicted octanol–water partition coefficient (Wildman–Crippen LogP) is 7.02. The summed E-state index contributed by atoms with van der Waals surface area (Å²) in [6, 6.07) is 0. The van der Waals surface area contributed by atoms with Gasteiger partial charge in [-0.3, -0.25) is 0 Å². The second kappa shape index (κ2) is 11.3. The SMILES string of the molecule is C#CC[C@@H](C)[C@@H](OCCCO[Si](C)(C)C(C)(C)C)[C@@H](C=C)O[Si](C)(C)C(C)(C)C. The first-order chi connectivity index (χ1) is 13.0. The summed E-state index contributed by atoms with van der Waals surface area (Å²) in [7, 11) is -3.66. The molecule has 0 heterocycles. The fourth-order valence-corrected chi connectivity index (χ4v) is 4.83. The van der Waals surface area contributed by atoms with E-state index in [-0.39, 0.29) is 28.2 Å². The van der Waals surface area contributed by atoms with Crippen LogP contribution in [0.15, 0.2) is 12.7 Å². The standard InChI is InChI=1S/C24H48O3Si2/c1-14-17-20(3)22(21(15-2)27-29(12,13)24(7,8)9)25-18-16-19-26-28(10,11)23(4,5)6/h1,15,20-22H,2,16-19H2,3-13H3/t20-,21-,22-/m1/s1. The van der Waals surface area contributed by atoms with Gasteiger partial charge in [0.25, 0.3) is 0 Å². The number of terminal acetylenes is 1. The zero-order chi connectivity index (χ0) is 23.1. The van der Waals surface area contributed by atoms with Crippen molar-refractivity contribution in [2.24, 2.45) is 5.92 Å². The molecule has 0 rings (SSSR count). The van der Waals surface area contributed by atoms with Gasteiger partial charge in [0, 0.05) is 19.6 Å². The van der Waals surface area contributed by atoms with Crippen molar-refractivity contribution in [3.05, 3.63) is 12.7 Å². The summed E-state index contributed by atoms with van der Waals surface area (Å²) in [4.78, 5) is 0. The topological polar surface area (TPSA) is 27.7 Å². The number of ether oxygens (including phenoxy) is 1. The van der Waals surface area contributed by atoms with Crippen LogP contribution in [-0.4, -0.2) is 42.1 Å². The summed E-state index contributed by atoms with van der Waals surface area (Å²) in [5.41, 5.74) is 0. The summed E-state index contributed by atoms with van der Waals surface area (Å²) in [6.45, 7) is 30.2. The molecule has 5 heteroatoms. The van der Waals surface area contributed by atoms with Crippen LogP contribution in [0.4, 0.5) is 0 Å². The van der Waals surface area contributed by atoms with Gasteiger partial charge in [-0.2, -0.15) is 0 Å². The molecule has 0 saturated carbocycles. The van der Waals surface area contributed by atoms with Gasteiger partial charge in [-0.1, -0.05) is 54.5 Å². The molecule has 0 amide bonds. The molecule has 0 aromatic carbocycles. The fourth-order valence-electron chi connectivity index (χ4n) is 2.47. The van der Waals surface area contributed by atoms with Gasteiger partial charge in [-0.25, -0.2) is 0 Å². The van der Waals surface area contributed by atoms with Crippen LogP contribution in [0.1, 0.15) is 61.3 Å². The Labute approximate surface area is 184 Å². The highest BCUT2D eigenvalue weighted by molar-refractivity contribution is 6.74. The molecule has 0 unspecified atom stereocenters. The van der Waals surface area contributed by atoms with Gasteiger partial charge in [-0.05, 0) is 48.6 Å². The molecule has 3 nitrogen and oxygen atoms in total. The van der Waals surface area contributed by atoms with Crippen molar-refractivity contribution in [1.29, 1.82) is 0 Å². The summed E-state index contributed by atoms with van der Waals surface area (Å²) in [5, 5.41) is 0.355. The average molecular weight is 441 g/mol. The first kappa shape index (κ1) is 28.6. The van der Waals surface area contributed by atoms with Crippen molar-refractivity contribution in [3.8, 4) is 12.3 Å². The summed E-state index contributed by atoms with van der Waals surface area (Å²) >= 11 is 0. The minimum atomic E-state index is -1.94. The van der Waals surface area contributed by atoms with E-state index in [1.54, 1.807) is 0 Å². The summed E-state index contributed by atoms with van der Waals surface area (Å²) < 4.78 is 19.3. The van der Waals surface area contributed by atoms with Gasteiger partial charge in [0.05, 0.1) is 12.2 Å². The molecule has 0 aliphatic heterocycles. The second-order valence-corrected chi connectivity index (χ2v) is 20.8. The zero-order valence-electron chi connectivity index (χ0n) is 21.1. The molecule has 0 aromatic rings. The first-order valence-electron chi connectivity index (χ1n) is 11.0. The van der Waals surface area contributed by atoms with E-state index in [9.17, 15) is 0 Å². The lowest BCUT2D eigenvalue weighted by Gasteiger charge is -2.41. The molecule has 0 spiro atoms. The lowest BCUT2D eigenvalue weighted by atomic mass is 9.96. The Hall–Kier alpha value is -0.386. The van der Waals surface area contributed by atoms with Gasteiger partial charge in [-0.15, -0.1) is 18.9 Å². The van der Waals surface area contributed by atoms with Crippen LogP contribution < -0.4 is 0 Å². The minimum Gasteiger partial charge on any atom is -0.417 e. The van der Waals surface area contributed by atoms with Crippen LogP contribution in [-0.2, 0) is 13.6 Å². The predicted molar refractivity (Wildman–Crippen MR) is 132 cm³/mol. The fraction of sp³-hybridized carbons (Fsp3) is 0.833. The third-order valence-corrected chi connectivity index (χ3v) is 15.7. The van der Waals surface area contributed by atoms with Crippen molar-refractivity contribution >= 4 is 16.6 Å². The van der Waals surface area contributed by atoms with Crippen LogP contribution >= 0.6 is 0 Å². The quantitative estimate of drug-likeness (QED) is 0.141. The number of hydrogen-bond acceptors (Lipinski definition) is 3. The number of rotatable bonds is 12. The minimum absolute atomic E-state index is 0.0921. The normalized spacial score (nSPS) is 16.8. The van der Waals surface area contributed by atoms with E-state index < -0.39 is 16.6 Å². The van der Waals surface area contributed by atoms with Crippen LogP contribution in [0.25, 0.3) is 0 Å². The van der Waals surface area contributed by atoms with Gasteiger partial charge in [0.15, 0.2) is 16.6 Å². The number of hydrogen-bond donors (Lipinski definition) is 0. The first-order valence-corrected chi connectivity index (χ1v) is 16.8. The Morgan fingerprint density at radius 1 is 0.966 bits per heavy atom. The zero-order valence-corrected chi connectivity index (χ0v) is 23.1. The summed E-state index contributed by atoms with van der Waals surface area (Å²) in [5.74, 6) is 2.98. The molecule has 170 valence electrons. The molecule has 0 aliphatic rings. The molecule has 3 atom stereocenters. The maximum absolute atomic E-state index is 6.64. The third kappa shape index (κ3) is 9.10. The molecule has 0 saturated heterocycles. The van der Waals surface area contributed by atoms with Gasteiger partial charge in [0.2, 0.25) is 0 Å².